The molecule has 0 radical (unpaired) electrons. The second-order valence-corrected chi connectivity index (χ2v) is 26.2. The van der Waals surface area contributed by atoms with E-state index in [0.717, 1.165) is 128 Å². The highest BCUT2D eigenvalue weighted by molar-refractivity contribution is 5.66. The predicted octanol–water partition coefficient (Wildman–Crippen LogP) is 19.3. The van der Waals surface area contributed by atoms with Gasteiger partial charge in [0, 0.05) is 89.0 Å². The summed E-state index contributed by atoms with van der Waals surface area (Å²) in [6, 6.07) is 110. The Balaban J connectivity index is 1.04. The van der Waals surface area contributed by atoms with Crippen molar-refractivity contribution in [2.24, 2.45) is 0 Å². The van der Waals surface area contributed by atoms with Gasteiger partial charge in [0.05, 0.1) is 0 Å². The fourth-order valence-electron chi connectivity index (χ4n) is 15.8. The van der Waals surface area contributed by atoms with Gasteiger partial charge in [-0.15, -0.1) is 0 Å². The van der Waals surface area contributed by atoms with E-state index in [1.807, 2.05) is 97.1 Å². The Labute approximate surface area is 578 Å². The second kappa shape index (κ2) is 27.6. The largest absolute Gasteiger partial charge is 0.0622 e. The summed E-state index contributed by atoms with van der Waals surface area (Å²) in [5, 5.41) is 0. The molecule has 0 heteroatoms. The van der Waals surface area contributed by atoms with Crippen molar-refractivity contribution < 1.29 is 0 Å². The number of rotatable bonds is 4. The molecule has 0 amide bonds. The monoisotopic (exact) mass is 1240 g/mol. The van der Waals surface area contributed by atoms with E-state index in [-0.39, 0.29) is 0 Å². The first-order valence-electron chi connectivity index (χ1n) is 33.5. The van der Waals surface area contributed by atoms with Crippen molar-refractivity contribution in [3.63, 3.8) is 0 Å². The van der Waals surface area contributed by atoms with Gasteiger partial charge in [0.25, 0.3) is 0 Å². The Morgan fingerprint density at radius 3 is 0.449 bits per heavy atom. The Kier molecular flexibility index (Phi) is 17.3. The fraction of sp³-hybridized carbons (Fsp3) is 0.102. The van der Waals surface area contributed by atoms with E-state index in [9.17, 15) is 0 Å². The SMILES string of the molecule is C(#Cc1ccc(C23CC4(c5ccc(C#Cc6ccccc6)cc5C#Cc5ccccc5)CC(c5ccc(C#Cc6ccccc6)cc5C#Cc5ccccc5)(C2)CC(c2ccc(C#Cc5ccccc5)cc2C#Cc2ccccc2)(C3)C4)c(C#Cc2ccccc2)c1)c1ccccc1. The highest BCUT2D eigenvalue weighted by atomic mass is 14.7. The van der Waals surface area contributed by atoms with Crippen molar-refractivity contribution in [2.75, 3.05) is 0 Å². The van der Waals surface area contributed by atoms with Crippen molar-refractivity contribution in [2.45, 2.75) is 60.2 Å². The minimum absolute atomic E-state index is 0.525. The van der Waals surface area contributed by atoms with Gasteiger partial charge in [-0.2, -0.15) is 0 Å². The average Bonchev–Trinajstić information content (AvgIpc) is 0.661. The molecular formula is C98H64. The standard InChI is InChI=1S/C98H64/c1-9-25-75(26-10-1)41-45-83-53-61-91(87(65-83)57-49-79-33-17-5-18-34-79)95-69-96(92-62-54-84(46-42-76-27-11-2-12-28-76)66-88(92)58-50-80-35-19-6-20-36-80)72-97(70-95,93-63-55-85(47-43-77-29-13-3-14-30-77)67-89(93)59-51-81-37-21-7-22-38-81)74-98(71-95,73-96)94-64-56-86(48-44-78-31-15-4-16-32-78)68-90(94)60-52-82-39-23-8-24-40-82/h1-40,53-56,61-68H,69-74H2. The fourth-order valence-corrected chi connectivity index (χ4v) is 15.8. The molecule has 12 aromatic carbocycles. The molecule has 4 bridgehead atoms. The number of benzene rings is 12. The zero-order chi connectivity index (χ0) is 65.9. The summed E-state index contributed by atoms with van der Waals surface area (Å²) in [5.41, 5.74) is 17.9. The maximum absolute atomic E-state index is 3.87. The molecule has 0 saturated heterocycles. The third kappa shape index (κ3) is 13.6. The molecule has 0 heterocycles. The van der Waals surface area contributed by atoms with Gasteiger partial charge in [0.2, 0.25) is 0 Å². The maximum Gasteiger partial charge on any atom is 0.0299 e. The van der Waals surface area contributed by atoms with E-state index < -0.39 is 21.7 Å². The van der Waals surface area contributed by atoms with Crippen LogP contribution in [0.15, 0.2) is 315 Å². The molecule has 98 heavy (non-hydrogen) atoms. The van der Waals surface area contributed by atoms with Crippen LogP contribution in [-0.4, -0.2) is 0 Å². The lowest BCUT2D eigenvalue weighted by Gasteiger charge is -2.72. The van der Waals surface area contributed by atoms with Crippen molar-refractivity contribution in [3.8, 4) is 94.7 Å². The Bertz CT molecular complexity index is 4780. The summed E-state index contributed by atoms with van der Waals surface area (Å²) in [6.07, 6.45) is 4.95. The number of hydrogen-bond donors (Lipinski definition) is 0. The van der Waals surface area contributed by atoms with Crippen LogP contribution in [0.1, 0.15) is 150 Å². The van der Waals surface area contributed by atoms with Gasteiger partial charge in [-0.1, -0.05) is 265 Å². The van der Waals surface area contributed by atoms with Crippen LogP contribution < -0.4 is 0 Å². The van der Waals surface area contributed by atoms with Crippen LogP contribution in [0.4, 0.5) is 0 Å². The van der Waals surface area contributed by atoms with Gasteiger partial charge in [0.15, 0.2) is 0 Å². The smallest absolute Gasteiger partial charge is 0.0299 e. The van der Waals surface area contributed by atoms with Crippen LogP contribution in [-0.2, 0) is 21.7 Å². The van der Waals surface area contributed by atoms with E-state index in [4.69, 9.17) is 0 Å². The first kappa shape index (κ1) is 61.3. The van der Waals surface area contributed by atoms with Crippen molar-refractivity contribution in [3.05, 3.63) is 427 Å². The van der Waals surface area contributed by atoms with E-state index >= 15 is 0 Å². The van der Waals surface area contributed by atoms with E-state index in [1.54, 1.807) is 0 Å². The van der Waals surface area contributed by atoms with Gasteiger partial charge >= 0.3 is 0 Å². The molecule has 0 aromatic heterocycles. The molecule has 4 fully saturated rings. The highest BCUT2D eigenvalue weighted by Crippen LogP contribution is 2.75. The lowest BCUT2D eigenvalue weighted by molar-refractivity contribution is -0.0694. The van der Waals surface area contributed by atoms with E-state index in [0.29, 0.717) is 0 Å². The summed E-state index contributed by atoms with van der Waals surface area (Å²) < 4.78 is 0. The molecule has 0 spiro atoms. The molecule has 0 nitrogen and oxygen atoms in total. The van der Waals surface area contributed by atoms with Crippen molar-refractivity contribution >= 4 is 0 Å². The molecule has 4 aliphatic rings. The molecule has 4 saturated carbocycles. The minimum Gasteiger partial charge on any atom is -0.0622 e. The summed E-state index contributed by atoms with van der Waals surface area (Å²) >= 11 is 0. The zero-order valence-corrected chi connectivity index (χ0v) is 54.3. The van der Waals surface area contributed by atoms with Crippen LogP contribution >= 0.6 is 0 Å². The molecule has 0 aliphatic heterocycles. The van der Waals surface area contributed by atoms with Gasteiger partial charge in [-0.05, 0) is 228 Å². The average molecular weight is 1240 g/mol. The second-order valence-electron chi connectivity index (χ2n) is 26.2. The van der Waals surface area contributed by atoms with Gasteiger partial charge in [-0.25, -0.2) is 0 Å². The van der Waals surface area contributed by atoms with Gasteiger partial charge < -0.3 is 0 Å². The molecule has 16 rings (SSSR count). The highest BCUT2D eigenvalue weighted by Gasteiger charge is 2.70. The lowest BCUT2D eigenvalue weighted by atomic mass is 9.31. The molecule has 0 unspecified atom stereocenters. The first-order chi connectivity index (χ1) is 48.3. The summed E-state index contributed by atoms with van der Waals surface area (Å²) in [5.74, 6) is 58.5. The topological polar surface area (TPSA) is 0 Å². The quantitative estimate of drug-likeness (QED) is 0.154. The molecule has 0 atom stereocenters. The van der Waals surface area contributed by atoms with Crippen LogP contribution in [0.5, 0.6) is 0 Å². The van der Waals surface area contributed by atoms with Crippen LogP contribution in [0.25, 0.3) is 0 Å². The van der Waals surface area contributed by atoms with Crippen LogP contribution in [0.3, 0.4) is 0 Å². The normalized spacial score (nSPS) is 17.9. The molecular weight excluding hydrogens is 1180 g/mol. The van der Waals surface area contributed by atoms with Gasteiger partial charge in [-0.3, -0.25) is 0 Å². The van der Waals surface area contributed by atoms with E-state index in [2.05, 4.69) is 313 Å². The Hall–Kier alpha value is -12.9. The van der Waals surface area contributed by atoms with Crippen molar-refractivity contribution in [1.29, 1.82) is 0 Å². The Morgan fingerprint density at radius 1 is 0.143 bits per heavy atom. The lowest BCUT2D eigenvalue weighted by Crippen LogP contribution is -2.67. The van der Waals surface area contributed by atoms with Gasteiger partial charge in [0.1, 0.15) is 0 Å². The maximum atomic E-state index is 3.87. The zero-order valence-electron chi connectivity index (χ0n) is 54.3. The van der Waals surface area contributed by atoms with E-state index in [1.165, 1.54) is 22.3 Å². The molecule has 0 N–H and O–H groups in total. The third-order valence-electron chi connectivity index (χ3n) is 19.4. The van der Waals surface area contributed by atoms with Crippen LogP contribution in [0, 0.1) is 94.7 Å². The summed E-state index contributed by atoms with van der Waals surface area (Å²) in [7, 11) is 0. The minimum atomic E-state index is -0.525. The molecule has 4 aliphatic carbocycles. The Morgan fingerprint density at radius 2 is 0.286 bits per heavy atom. The predicted molar refractivity (Wildman–Crippen MR) is 400 cm³/mol. The van der Waals surface area contributed by atoms with Crippen molar-refractivity contribution in [1.82, 2.24) is 0 Å². The first-order valence-corrected chi connectivity index (χ1v) is 33.5. The number of hydrogen-bond acceptors (Lipinski definition) is 0. The summed E-state index contributed by atoms with van der Waals surface area (Å²) in [6.45, 7) is 0. The van der Waals surface area contributed by atoms with Crippen LogP contribution in [0.2, 0.25) is 0 Å². The summed E-state index contributed by atoms with van der Waals surface area (Å²) in [4.78, 5) is 0. The third-order valence-corrected chi connectivity index (χ3v) is 19.4. The molecule has 456 valence electrons. The molecule has 12 aromatic rings.